The van der Waals surface area contributed by atoms with Crippen molar-refractivity contribution >= 4 is 43.5 Å². The molecule has 0 amide bonds. The van der Waals surface area contributed by atoms with E-state index in [9.17, 15) is 14.9 Å². The Labute approximate surface area is 135 Å². The molecule has 21 heavy (non-hydrogen) atoms. The van der Waals surface area contributed by atoms with Gasteiger partial charge in [-0.2, -0.15) is 0 Å². The zero-order valence-electron chi connectivity index (χ0n) is 10.1. The third-order valence-electron chi connectivity index (χ3n) is 2.41. The first-order valence-electron chi connectivity index (χ1n) is 5.38. The number of hydrogen-bond donors (Lipinski definition) is 1. The fourth-order valence-electron chi connectivity index (χ4n) is 1.51. The van der Waals surface area contributed by atoms with E-state index in [1.165, 1.54) is 18.3 Å². The molecular weight excluding hydrogens is 412 g/mol. The SMILES string of the molecule is O=C(O)c1cc(Br)ccc1Oc1c(Br)cncc1[N+](=O)[O-]. The molecule has 0 radical (unpaired) electrons. The molecule has 2 rings (SSSR count). The number of nitrogens with zero attached hydrogens (tertiary/aromatic N) is 2. The average Bonchev–Trinajstić information content (AvgIpc) is 2.42. The minimum atomic E-state index is -1.21. The largest absolute Gasteiger partial charge is 0.478 e. The first-order chi connectivity index (χ1) is 9.90. The molecule has 0 saturated carbocycles. The Bertz CT molecular complexity index is 736. The van der Waals surface area contributed by atoms with Crippen LogP contribution < -0.4 is 4.74 Å². The van der Waals surface area contributed by atoms with Gasteiger partial charge in [-0.15, -0.1) is 0 Å². The molecule has 0 bridgehead atoms. The zero-order chi connectivity index (χ0) is 15.6. The first kappa shape index (κ1) is 15.4. The number of halogens is 2. The van der Waals surface area contributed by atoms with Crippen LogP contribution in [-0.2, 0) is 0 Å². The summed E-state index contributed by atoms with van der Waals surface area (Å²) < 4.78 is 6.22. The molecule has 0 aliphatic rings. The van der Waals surface area contributed by atoms with Crippen LogP contribution in [0.25, 0.3) is 0 Å². The van der Waals surface area contributed by atoms with Gasteiger partial charge >= 0.3 is 11.7 Å². The number of carboxylic acid groups (broad SMARTS) is 1. The molecule has 2 aromatic rings. The van der Waals surface area contributed by atoms with Gasteiger partial charge in [-0.25, -0.2) is 4.79 Å². The second kappa shape index (κ2) is 6.19. The van der Waals surface area contributed by atoms with Crippen molar-refractivity contribution in [1.82, 2.24) is 4.98 Å². The maximum atomic E-state index is 11.2. The van der Waals surface area contributed by atoms with Crippen LogP contribution >= 0.6 is 31.9 Å². The number of benzene rings is 1. The number of hydrogen-bond acceptors (Lipinski definition) is 5. The van der Waals surface area contributed by atoms with Crippen molar-refractivity contribution in [2.24, 2.45) is 0 Å². The topological polar surface area (TPSA) is 103 Å². The third-order valence-corrected chi connectivity index (χ3v) is 3.47. The van der Waals surface area contributed by atoms with E-state index >= 15 is 0 Å². The van der Waals surface area contributed by atoms with E-state index in [0.29, 0.717) is 4.47 Å². The average molecular weight is 418 g/mol. The summed E-state index contributed by atoms with van der Waals surface area (Å²) in [5, 5.41) is 20.1. The number of rotatable bonds is 4. The molecule has 1 heterocycles. The van der Waals surface area contributed by atoms with Crippen molar-refractivity contribution in [1.29, 1.82) is 0 Å². The van der Waals surface area contributed by atoms with E-state index in [1.54, 1.807) is 6.07 Å². The van der Waals surface area contributed by atoms with E-state index in [4.69, 9.17) is 9.84 Å². The Hall–Kier alpha value is -2.00. The highest BCUT2D eigenvalue weighted by molar-refractivity contribution is 9.10. The maximum absolute atomic E-state index is 11.2. The minimum Gasteiger partial charge on any atom is -0.478 e. The van der Waals surface area contributed by atoms with Crippen molar-refractivity contribution in [3.05, 3.63) is 55.2 Å². The smallest absolute Gasteiger partial charge is 0.339 e. The van der Waals surface area contributed by atoms with E-state index in [0.717, 1.165) is 6.20 Å². The molecular formula is C12H6Br2N2O5. The quantitative estimate of drug-likeness (QED) is 0.595. The van der Waals surface area contributed by atoms with Crippen LogP contribution in [0.2, 0.25) is 0 Å². The van der Waals surface area contributed by atoms with Gasteiger partial charge in [-0.05, 0) is 34.1 Å². The summed E-state index contributed by atoms with van der Waals surface area (Å²) in [5.41, 5.74) is -0.494. The fourth-order valence-corrected chi connectivity index (χ4v) is 2.28. The number of aromatic nitrogens is 1. The van der Waals surface area contributed by atoms with Gasteiger partial charge in [0.25, 0.3) is 0 Å². The normalized spacial score (nSPS) is 10.2. The number of carbonyl (C=O) groups is 1. The zero-order valence-corrected chi connectivity index (χ0v) is 13.3. The predicted octanol–water partition coefficient (Wildman–Crippen LogP) is 4.01. The Morgan fingerprint density at radius 2 is 2.05 bits per heavy atom. The molecule has 1 N–H and O–H groups in total. The van der Waals surface area contributed by atoms with Crippen LogP contribution in [0.1, 0.15) is 10.4 Å². The summed E-state index contributed by atoms with van der Waals surface area (Å²) in [6.45, 7) is 0. The molecule has 0 spiro atoms. The van der Waals surface area contributed by atoms with Crippen LogP contribution in [0.15, 0.2) is 39.5 Å². The Morgan fingerprint density at radius 1 is 1.33 bits per heavy atom. The van der Waals surface area contributed by atoms with Gasteiger partial charge in [-0.3, -0.25) is 15.1 Å². The van der Waals surface area contributed by atoms with Crippen molar-refractivity contribution in [3.63, 3.8) is 0 Å². The Balaban J connectivity index is 2.53. The molecule has 108 valence electrons. The van der Waals surface area contributed by atoms with E-state index < -0.39 is 10.9 Å². The van der Waals surface area contributed by atoms with Crippen molar-refractivity contribution in [2.45, 2.75) is 0 Å². The summed E-state index contributed by atoms with van der Waals surface area (Å²) >= 11 is 6.26. The second-order valence-corrected chi connectivity index (χ2v) is 5.54. The number of pyridine rings is 1. The third kappa shape index (κ3) is 3.37. The maximum Gasteiger partial charge on any atom is 0.339 e. The highest BCUT2D eigenvalue weighted by Gasteiger charge is 2.22. The number of nitro groups is 1. The molecule has 9 heteroatoms. The standard InChI is InChI=1S/C12H6Br2N2O5/c13-6-1-2-10(7(3-6)12(17)18)21-11-8(14)4-15-5-9(11)16(19)20/h1-5H,(H,17,18). The molecule has 0 saturated heterocycles. The number of aromatic carboxylic acids is 1. The minimum absolute atomic E-state index is 0.0132. The Morgan fingerprint density at radius 3 is 2.67 bits per heavy atom. The summed E-state index contributed by atoms with van der Waals surface area (Å²) in [4.78, 5) is 25.2. The van der Waals surface area contributed by atoms with E-state index in [1.807, 2.05) is 0 Å². The number of carboxylic acids is 1. The molecule has 0 atom stereocenters. The lowest BCUT2D eigenvalue weighted by atomic mass is 10.2. The van der Waals surface area contributed by atoms with Gasteiger partial charge in [-0.1, -0.05) is 15.9 Å². The predicted molar refractivity (Wildman–Crippen MR) is 79.8 cm³/mol. The lowest BCUT2D eigenvalue weighted by Crippen LogP contribution is -2.02. The fraction of sp³-hybridized carbons (Fsp3) is 0. The molecule has 7 nitrogen and oxygen atoms in total. The van der Waals surface area contributed by atoms with E-state index in [2.05, 4.69) is 36.8 Å². The van der Waals surface area contributed by atoms with Gasteiger partial charge in [0.15, 0.2) is 0 Å². The second-order valence-electron chi connectivity index (χ2n) is 3.77. The van der Waals surface area contributed by atoms with Crippen molar-refractivity contribution in [2.75, 3.05) is 0 Å². The van der Waals surface area contributed by atoms with Crippen LogP contribution in [0, 0.1) is 10.1 Å². The molecule has 0 unspecified atom stereocenters. The monoisotopic (exact) mass is 416 g/mol. The van der Waals surface area contributed by atoms with Gasteiger partial charge in [0, 0.05) is 10.7 Å². The van der Waals surface area contributed by atoms with Gasteiger partial charge in [0.05, 0.1) is 9.40 Å². The molecule has 0 fully saturated rings. The van der Waals surface area contributed by atoms with Gasteiger partial charge in [0.1, 0.15) is 17.5 Å². The van der Waals surface area contributed by atoms with Crippen LogP contribution in [0.5, 0.6) is 11.5 Å². The van der Waals surface area contributed by atoms with Crippen LogP contribution in [0.3, 0.4) is 0 Å². The van der Waals surface area contributed by atoms with Crippen LogP contribution in [-0.4, -0.2) is 21.0 Å². The van der Waals surface area contributed by atoms with Gasteiger partial charge < -0.3 is 9.84 Å². The van der Waals surface area contributed by atoms with Crippen molar-refractivity contribution < 1.29 is 19.6 Å². The first-order valence-corrected chi connectivity index (χ1v) is 6.97. The van der Waals surface area contributed by atoms with Gasteiger partial charge in [0.2, 0.25) is 5.75 Å². The highest BCUT2D eigenvalue weighted by atomic mass is 79.9. The molecule has 1 aromatic carbocycles. The van der Waals surface area contributed by atoms with Crippen molar-refractivity contribution in [3.8, 4) is 11.5 Å². The molecule has 0 aliphatic carbocycles. The molecule has 1 aromatic heterocycles. The highest BCUT2D eigenvalue weighted by Crippen LogP contribution is 2.38. The lowest BCUT2D eigenvalue weighted by molar-refractivity contribution is -0.386. The summed E-state index contributed by atoms with van der Waals surface area (Å²) in [5.74, 6) is -1.33. The van der Waals surface area contributed by atoms with Crippen LogP contribution in [0.4, 0.5) is 5.69 Å². The molecule has 0 aliphatic heterocycles. The van der Waals surface area contributed by atoms with E-state index in [-0.39, 0.29) is 27.2 Å². The summed E-state index contributed by atoms with van der Waals surface area (Å²) in [6.07, 6.45) is 2.35. The summed E-state index contributed by atoms with van der Waals surface area (Å²) in [6, 6.07) is 4.32. The Kier molecular flexibility index (Phi) is 4.53. The number of ether oxygens (including phenoxy) is 1. The lowest BCUT2D eigenvalue weighted by Gasteiger charge is -2.10. The summed E-state index contributed by atoms with van der Waals surface area (Å²) in [7, 11) is 0.